The molecule has 126 valence electrons. The van der Waals surface area contributed by atoms with E-state index in [2.05, 4.69) is 50.5 Å². The highest BCUT2D eigenvalue weighted by molar-refractivity contribution is 5.97. The van der Waals surface area contributed by atoms with Crippen LogP contribution in [0.15, 0.2) is 48.7 Å². The zero-order chi connectivity index (χ0) is 17.4. The minimum Gasteiger partial charge on any atom is -0.378 e. The molecule has 1 aliphatic heterocycles. The monoisotopic (exact) mass is 332 g/mol. The summed E-state index contributed by atoms with van der Waals surface area (Å²) in [6, 6.07) is 14.3. The van der Waals surface area contributed by atoms with Gasteiger partial charge in [-0.2, -0.15) is 0 Å². The van der Waals surface area contributed by atoms with Crippen LogP contribution in [0.4, 0.5) is 5.69 Å². The van der Waals surface area contributed by atoms with Gasteiger partial charge in [-0.05, 0) is 30.3 Å². The second kappa shape index (κ2) is 6.09. The van der Waals surface area contributed by atoms with Crippen LogP contribution >= 0.6 is 0 Å². The van der Waals surface area contributed by atoms with Crippen LogP contribution in [0.5, 0.6) is 0 Å². The molecule has 1 amide bonds. The molecular formula is C20H20N4O. The number of fused-ring (bicyclic) bond motifs is 1. The number of nitrogens with one attached hydrogen (secondary N) is 2. The van der Waals surface area contributed by atoms with Gasteiger partial charge in [0.15, 0.2) is 0 Å². The van der Waals surface area contributed by atoms with Crippen LogP contribution in [0.1, 0.15) is 16.1 Å². The smallest absolute Gasteiger partial charge is 0.253 e. The van der Waals surface area contributed by atoms with Gasteiger partial charge in [-0.1, -0.05) is 12.1 Å². The van der Waals surface area contributed by atoms with Crippen molar-refractivity contribution >= 4 is 11.6 Å². The number of carbonyl (C=O) groups excluding carboxylic acids is 1. The van der Waals surface area contributed by atoms with Crippen molar-refractivity contribution in [1.29, 1.82) is 0 Å². The SMILES string of the molecule is CN(C)c1ccc(-c2cc(-c3cc4c([nH]3)CCNC4=O)ccn2)cc1. The molecule has 0 unspecified atom stereocenters. The molecule has 0 aliphatic carbocycles. The van der Waals surface area contributed by atoms with Gasteiger partial charge in [0.05, 0.1) is 11.3 Å². The molecule has 0 radical (unpaired) electrons. The summed E-state index contributed by atoms with van der Waals surface area (Å²) < 4.78 is 0. The van der Waals surface area contributed by atoms with Gasteiger partial charge in [0.25, 0.3) is 5.91 Å². The molecule has 25 heavy (non-hydrogen) atoms. The van der Waals surface area contributed by atoms with Crippen molar-refractivity contribution in [2.24, 2.45) is 0 Å². The molecule has 0 bridgehead atoms. The van der Waals surface area contributed by atoms with Gasteiger partial charge in [0, 0.05) is 61.5 Å². The first-order valence-electron chi connectivity index (χ1n) is 8.36. The lowest BCUT2D eigenvalue weighted by atomic mass is 10.1. The van der Waals surface area contributed by atoms with E-state index in [1.165, 1.54) is 0 Å². The molecule has 0 saturated carbocycles. The molecular weight excluding hydrogens is 312 g/mol. The number of nitrogens with zero attached hydrogens (tertiary/aromatic N) is 2. The van der Waals surface area contributed by atoms with Crippen LogP contribution in [0, 0.1) is 0 Å². The van der Waals surface area contributed by atoms with Crippen molar-refractivity contribution in [1.82, 2.24) is 15.3 Å². The van der Waals surface area contributed by atoms with Crippen molar-refractivity contribution in [3.8, 4) is 22.5 Å². The summed E-state index contributed by atoms with van der Waals surface area (Å²) in [5, 5.41) is 2.88. The fraction of sp³-hybridized carbons (Fsp3) is 0.200. The van der Waals surface area contributed by atoms with Gasteiger partial charge in [-0.3, -0.25) is 9.78 Å². The van der Waals surface area contributed by atoms with E-state index in [1.54, 1.807) is 0 Å². The van der Waals surface area contributed by atoms with Gasteiger partial charge in [-0.25, -0.2) is 0 Å². The standard InChI is InChI=1S/C20H20N4O/c1-24(2)15-5-3-13(4-6-15)18-11-14(7-9-21-18)19-12-16-17(23-19)8-10-22-20(16)25/h3-7,9,11-12,23H,8,10H2,1-2H3,(H,22,25). The summed E-state index contributed by atoms with van der Waals surface area (Å²) in [6.45, 7) is 0.686. The van der Waals surface area contributed by atoms with Gasteiger partial charge in [0.1, 0.15) is 0 Å². The Labute approximate surface area is 146 Å². The summed E-state index contributed by atoms with van der Waals surface area (Å²) in [5.41, 5.74) is 6.88. The fourth-order valence-corrected chi connectivity index (χ4v) is 3.14. The first-order chi connectivity index (χ1) is 12.1. The number of rotatable bonds is 3. The molecule has 1 aliphatic rings. The summed E-state index contributed by atoms with van der Waals surface area (Å²) >= 11 is 0. The van der Waals surface area contributed by atoms with Gasteiger partial charge in [-0.15, -0.1) is 0 Å². The van der Waals surface area contributed by atoms with E-state index in [1.807, 2.05) is 32.4 Å². The van der Waals surface area contributed by atoms with Gasteiger partial charge < -0.3 is 15.2 Å². The second-order valence-electron chi connectivity index (χ2n) is 6.45. The lowest BCUT2D eigenvalue weighted by Gasteiger charge is -2.12. The van der Waals surface area contributed by atoms with E-state index >= 15 is 0 Å². The quantitative estimate of drug-likeness (QED) is 0.775. The third-order valence-corrected chi connectivity index (χ3v) is 4.55. The molecule has 0 atom stereocenters. The van der Waals surface area contributed by atoms with E-state index in [-0.39, 0.29) is 5.91 Å². The van der Waals surface area contributed by atoms with E-state index in [0.717, 1.165) is 45.9 Å². The lowest BCUT2D eigenvalue weighted by Crippen LogP contribution is -2.31. The molecule has 1 aromatic carbocycles. The molecule has 3 heterocycles. The molecule has 0 spiro atoms. The Bertz CT molecular complexity index is 925. The van der Waals surface area contributed by atoms with Crippen LogP contribution < -0.4 is 10.2 Å². The topological polar surface area (TPSA) is 61.0 Å². The number of pyridine rings is 1. The first-order valence-corrected chi connectivity index (χ1v) is 8.36. The molecule has 4 rings (SSSR count). The van der Waals surface area contributed by atoms with E-state index in [9.17, 15) is 4.79 Å². The first kappa shape index (κ1) is 15.4. The van der Waals surface area contributed by atoms with Crippen LogP contribution in [-0.4, -0.2) is 36.5 Å². The Balaban J connectivity index is 1.69. The number of aromatic amines is 1. The Morgan fingerprint density at radius 3 is 2.56 bits per heavy atom. The predicted octanol–water partition coefficient (Wildman–Crippen LogP) is 3.10. The highest BCUT2D eigenvalue weighted by Gasteiger charge is 2.20. The maximum absolute atomic E-state index is 12.0. The Kier molecular flexibility index (Phi) is 3.76. The van der Waals surface area contributed by atoms with Crippen molar-refractivity contribution in [2.45, 2.75) is 6.42 Å². The normalized spacial score (nSPS) is 13.3. The summed E-state index contributed by atoms with van der Waals surface area (Å²) in [7, 11) is 4.05. The van der Waals surface area contributed by atoms with E-state index in [4.69, 9.17) is 0 Å². The number of aromatic nitrogens is 2. The molecule has 3 aromatic rings. The number of hydrogen-bond donors (Lipinski definition) is 2. The third kappa shape index (κ3) is 2.89. The van der Waals surface area contributed by atoms with Crippen LogP contribution in [0.2, 0.25) is 0 Å². The zero-order valence-electron chi connectivity index (χ0n) is 14.3. The fourth-order valence-electron chi connectivity index (χ4n) is 3.14. The van der Waals surface area contributed by atoms with E-state index < -0.39 is 0 Å². The largest absolute Gasteiger partial charge is 0.378 e. The Morgan fingerprint density at radius 2 is 1.84 bits per heavy atom. The molecule has 5 heteroatoms. The third-order valence-electron chi connectivity index (χ3n) is 4.55. The maximum Gasteiger partial charge on any atom is 0.253 e. The van der Waals surface area contributed by atoms with Crippen molar-refractivity contribution in [2.75, 3.05) is 25.5 Å². The molecule has 0 saturated heterocycles. The Hall–Kier alpha value is -3.08. The molecule has 0 fully saturated rings. The highest BCUT2D eigenvalue weighted by Crippen LogP contribution is 2.27. The number of hydrogen-bond acceptors (Lipinski definition) is 3. The minimum absolute atomic E-state index is 0.00250. The van der Waals surface area contributed by atoms with Crippen molar-refractivity contribution in [3.05, 3.63) is 59.9 Å². The number of carbonyl (C=O) groups is 1. The molecule has 5 nitrogen and oxygen atoms in total. The summed E-state index contributed by atoms with van der Waals surface area (Å²) in [4.78, 5) is 21.9. The summed E-state index contributed by atoms with van der Waals surface area (Å²) in [5.74, 6) is -0.00250. The van der Waals surface area contributed by atoms with Crippen molar-refractivity contribution in [3.63, 3.8) is 0 Å². The van der Waals surface area contributed by atoms with Gasteiger partial charge >= 0.3 is 0 Å². The van der Waals surface area contributed by atoms with Crippen molar-refractivity contribution < 1.29 is 4.79 Å². The lowest BCUT2D eigenvalue weighted by molar-refractivity contribution is 0.0946. The minimum atomic E-state index is -0.00250. The van der Waals surface area contributed by atoms with Crippen LogP contribution in [0.25, 0.3) is 22.5 Å². The number of anilines is 1. The summed E-state index contributed by atoms with van der Waals surface area (Å²) in [6.07, 6.45) is 2.65. The number of amides is 1. The Morgan fingerprint density at radius 1 is 1.04 bits per heavy atom. The maximum atomic E-state index is 12.0. The molecule has 2 N–H and O–H groups in total. The average Bonchev–Trinajstić information content (AvgIpc) is 3.08. The van der Waals surface area contributed by atoms with Crippen LogP contribution in [0.3, 0.4) is 0 Å². The van der Waals surface area contributed by atoms with Crippen LogP contribution in [-0.2, 0) is 6.42 Å². The highest BCUT2D eigenvalue weighted by atomic mass is 16.1. The second-order valence-corrected chi connectivity index (χ2v) is 6.45. The average molecular weight is 332 g/mol. The number of H-pyrrole nitrogens is 1. The predicted molar refractivity (Wildman–Crippen MR) is 99.8 cm³/mol. The van der Waals surface area contributed by atoms with E-state index in [0.29, 0.717) is 6.54 Å². The van der Waals surface area contributed by atoms with Gasteiger partial charge in [0.2, 0.25) is 0 Å². The zero-order valence-corrected chi connectivity index (χ0v) is 14.3. The number of benzene rings is 1. The molecule has 2 aromatic heterocycles.